The van der Waals surface area contributed by atoms with Crippen molar-refractivity contribution in [2.45, 2.75) is 64.4 Å². The number of carbonyl (C=O) groups is 1. The standard InChI is InChI=1S/C25H38N2O4/c1-15-3-4-19-22-20(6-8-24(15,19)2)25(14-29)9-5-16(27-31-17-7-10-26-12-17)11-21(25)18(13-28)23(22)30/h17-22,26,28-29H,1,3-14H2,2H3/t17?,18-,19?,20?,21?,22?,24-,25+/m1/s1. The summed E-state index contributed by atoms with van der Waals surface area (Å²) in [4.78, 5) is 19.6. The largest absolute Gasteiger partial charge is 0.396 e. The fraction of sp³-hybridized carbons (Fsp3) is 0.840. The van der Waals surface area contributed by atoms with Gasteiger partial charge in [-0.05, 0) is 74.7 Å². The highest BCUT2D eigenvalue weighted by atomic mass is 16.6. The van der Waals surface area contributed by atoms with E-state index in [9.17, 15) is 15.0 Å². The van der Waals surface area contributed by atoms with Gasteiger partial charge < -0.3 is 20.4 Å². The third-order valence-electron chi connectivity index (χ3n) is 10.1. The molecule has 172 valence electrons. The summed E-state index contributed by atoms with van der Waals surface area (Å²) in [6.45, 7) is 8.38. The van der Waals surface area contributed by atoms with Gasteiger partial charge in [0, 0.05) is 36.8 Å². The molecule has 0 aromatic rings. The van der Waals surface area contributed by atoms with Crippen LogP contribution in [-0.4, -0.2) is 54.1 Å². The number of ketones is 1. The van der Waals surface area contributed by atoms with Gasteiger partial charge in [0.05, 0.1) is 12.3 Å². The second kappa shape index (κ2) is 7.96. The second-order valence-electron chi connectivity index (χ2n) is 11.1. The van der Waals surface area contributed by atoms with Crippen LogP contribution in [0.15, 0.2) is 17.3 Å². The first-order valence-electron chi connectivity index (χ1n) is 12.3. The van der Waals surface area contributed by atoms with Gasteiger partial charge in [-0.2, -0.15) is 0 Å². The Kier molecular flexibility index (Phi) is 5.55. The number of nitrogens with one attached hydrogen (secondary N) is 1. The number of nitrogens with zero attached hydrogens (tertiary/aromatic N) is 1. The van der Waals surface area contributed by atoms with Crippen LogP contribution in [0.4, 0.5) is 0 Å². The number of aliphatic hydroxyl groups excluding tert-OH is 2. The third kappa shape index (κ3) is 3.16. The highest BCUT2D eigenvalue weighted by Crippen LogP contribution is 2.67. The van der Waals surface area contributed by atoms with E-state index in [2.05, 4.69) is 24.0 Å². The Bertz CT molecular complexity index is 775. The Morgan fingerprint density at radius 1 is 1.16 bits per heavy atom. The summed E-state index contributed by atoms with van der Waals surface area (Å²) in [7, 11) is 0. The summed E-state index contributed by atoms with van der Waals surface area (Å²) in [5.41, 5.74) is 2.01. The fourth-order valence-electron chi connectivity index (χ4n) is 8.14. The smallest absolute Gasteiger partial charge is 0.142 e. The van der Waals surface area contributed by atoms with Crippen LogP contribution in [0.3, 0.4) is 0 Å². The van der Waals surface area contributed by atoms with Crippen LogP contribution in [0.1, 0.15) is 58.3 Å². The van der Waals surface area contributed by atoms with E-state index in [1.54, 1.807) is 0 Å². The van der Waals surface area contributed by atoms with Gasteiger partial charge in [-0.3, -0.25) is 4.79 Å². The minimum atomic E-state index is -0.414. The van der Waals surface area contributed by atoms with Gasteiger partial charge in [-0.25, -0.2) is 0 Å². The van der Waals surface area contributed by atoms with Gasteiger partial charge in [0.1, 0.15) is 11.9 Å². The van der Waals surface area contributed by atoms with E-state index >= 15 is 0 Å². The van der Waals surface area contributed by atoms with E-state index < -0.39 is 5.92 Å². The predicted molar refractivity (Wildman–Crippen MR) is 118 cm³/mol. The summed E-state index contributed by atoms with van der Waals surface area (Å²) in [6, 6.07) is 0. The van der Waals surface area contributed by atoms with E-state index in [1.807, 2.05) is 0 Å². The average molecular weight is 431 g/mol. The number of Topliss-reactive ketones (excluding diaryl/α,β-unsaturated/α-hetero) is 1. The van der Waals surface area contributed by atoms with Crippen LogP contribution < -0.4 is 5.32 Å². The number of carbonyl (C=O) groups excluding carboxylic acids is 1. The number of oxime groups is 1. The van der Waals surface area contributed by atoms with Crippen LogP contribution in [-0.2, 0) is 9.63 Å². The molecular weight excluding hydrogens is 392 g/mol. The van der Waals surface area contributed by atoms with Gasteiger partial charge in [0.2, 0.25) is 0 Å². The van der Waals surface area contributed by atoms with Crippen molar-refractivity contribution < 1.29 is 19.8 Å². The quantitative estimate of drug-likeness (QED) is 0.471. The number of hydrogen-bond donors (Lipinski definition) is 3. The van der Waals surface area contributed by atoms with Gasteiger partial charge in [-0.15, -0.1) is 0 Å². The second-order valence-corrected chi connectivity index (χ2v) is 11.1. The van der Waals surface area contributed by atoms with Crippen molar-refractivity contribution in [3.05, 3.63) is 12.2 Å². The summed E-state index contributed by atoms with van der Waals surface area (Å²) < 4.78 is 0. The van der Waals surface area contributed by atoms with E-state index in [0.717, 1.165) is 63.7 Å². The Morgan fingerprint density at radius 3 is 2.71 bits per heavy atom. The van der Waals surface area contributed by atoms with Crippen LogP contribution in [0.25, 0.3) is 0 Å². The lowest BCUT2D eigenvalue weighted by atomic mass is 9.42. The Hall–Kier alpha value is -1.24. The lowest BCUT2D eigenvalue weighted by Crippen LogP contribution is -2.62. The van der Waals surface area contributed by atoms with Crippen molar-refractivity contribution in [3.63, 3.8) is 0 Å². The zero-order valence-corrected chi connectivity index (χ0v) is 18.8. The van der Waals surface area contributed by atoms with Crippen molar-refractivity contribution in [2.24, 2.45) is 45.6 Å². The van der Waals surface area contributed by atoms with Crippen LogP contribution in [0.2, 0.25) is 0 Å². The molecule has 31 heavy (non-hydrogen) atoms. The summed E-state index contributed by atoms with van der Waals surface area (Å²) in [5, 5.41) is 28.9. The van der Waals surface area contributed by atoms with Gasteiger partial charge in [-0.1, -0.05) is 24.2 Å². The summed E-state index contributed by atoms with van der Waals surface area (Å²) in [5.74, 6) is 0.208. The van der Waals surface area contributed by atoms with Gasteiger partial charge in [0.15, 0.2) is 0 Å². The molecule has 0 bridgehead atoms. The molecule has 0 aromatic carbocycles. The first-order chi connectivity index (χ1) is 14.9. The molecule has 0 aromatic heterocycles. The Balaban J connectivity index is 1.45. The molecule has 5 rings (SSSR count). The van der Waals surface area contributed by atoms with Crippen molar-refractivity contribution in [1.82, 2.24) is 5.32 Å². The van der Waals surface area contributed by atoms with Crippen LogP contribution in [0.5, 0.6) is 0 Å². The molecule has 0 spiro atoms. The molecule has 4 saturated carbocycles. The minimum Gasteiger partial charge on any atom is -0.396 e. The molecule has 6 nitrogen and oxygen atoms in total. The van der Waals surface area contributed by atoms with Gasteiger partial charge >= 0.3 is 0 Å². The molecule has 0 radical (unpaired) electrons. The SMILES string of the molecule is C=C1CCC2C3C(=O)[C@H](CO)C4CC(=NOC5CCNC5)CC[C@]4(CO)C3CC[C@]12C. The maximum Gasteiger partial charge on any atom is 0.142 e. The normalized spacial score (nSPS) is 48.4. The van der Waals surface area contributed by atoms with Crippen molar-refractivity contribution in [1.29, 1.82) is 0 Å². The minimum absolute atomic E-state index is 0.0325. The van der Waals surface area contributed by atoms with E-state index in [-0.39, 0.29) is 53.7 Å². The molecule has 8 atom stereocenters. The van der Waals surface area contributed by atoms with Gasteiger partial charge in [0.25, 0.3) is 0 Å². The summed E-state index contributed by atoms with van der Waals surface area (Å²) in [6.07, 6.45) is 7.41. The zero-order chi connectivity index (χ0) is 21.8. The number of allylic oxidation sites excluding steroid dienone is 1. The zero-order valence-electron chi connectivity index (χ0n) is 18.8. The molecule has 4 aliphatic carbocycles. The molecule has 1 heterocycles. The number of rotatable bonds is 4. The lowest BCUT2D eigenvalue weighted by molar-refractivity contribution is -0.172. The number of hydrogen-bond acceptors (Lipinski definition) is 6. The highest BCUT2D eigenvalue weighted by molar-refractivity contribution is 5.90. The van der Waals surface area contributed by atoms with Crippen LogP contribution >= 0.6 is 0 Å². The third-order valence-corrected chi connectivity index (χ3v) is 10.1. The number of fused-ring (bicyclic) bond motifs is 5. The average Bonchev–Trinajstić information content (AvgIpc) is 3.40. The fourth-order valence-corrected chi connectivity index (χ4v) is 8.14. The highest BCUT2D eigenvalue weighted by Gasteiger charge is 2.65. The van der Waals surface area contributed by atoms with Crippen molar-refractivity contribution in [3.8, 4) is 0 Å². The lowest BCUT2D eigenvalue weighted by Gasteiger charge is -2.61. The van der Waals surface area contributed by atoms with E-state index in [0.29, 0.717) is 12.3 Å². The topological polar surface area (TPSA) is 91.2 Å². The van der Waals surface area contributed by atoms with Crippen molar-refractivity contribution in [2.75, 3.05) is 26.3 Å². The monoisotopic (exact) mass is 430 g/mol. The summed E-state index contributed by atoms with van der Waals surface area (Å²) >= 11 is 0. The maximum absolute atomic E-state index is 13.8. The van der Waals surface area contributed by atoms with E-state index in [1.165, 1.54) is 5.57 Å². The molecule has 5 aliphatic rings. The molecule has 0 amide bonds. The van der Waals surface area contributed by atoms with Crippen LogP contribution in [0, 0.1) is 40.4 Å². The predicted octanol–water partition coefficient (Wildman–Crippen LogP) is 2.69. The Morgan fingerprint density at radius 2 is 2.00 bits per heavy atom. The molecular formula is C25H38N2O4. The maximum atomic E-state index is 13.8. The van der Waals surface area contributed by atoms with Crippen molar-refractivity contribution >= 4 is 11.5 Å². The molecule has 1 aliphatic heterocycles. The number of aliphatic hydroxyl groups is 2. The first-order valence-corrected chi connectivity index (χ1v) is 12.3. The molecule has 5 unspecified atom stereocenters. The molecule has 3 N–H and O–H groups in total. The van der Waals surface area contributed by atoms with E-state index in [4.69, 9.17) is 4.84 Å². The molecule has 1 saturated heterocycles. The Labute approximate surface area is 185 Å². The molecule has 5 fully saturated rings. The molecule has 6 heteroatoms. The first kappa shape index (κ1) is 21.6.